The number of ether oxygens (including phenoxy) is 1. The zero-order chi connectivity index (χ0) is 20.3. The van der Waals surface area contributed by atoms with Gasteiger partial charge in [-0.2, -0.15) is 0 Å². The van der Waals surface area contributed by atoms with Gasteiger partial charge < -0.3 is 15.0 Å². The van der Waals surface area contributed by atoms with Crippen molar-refractivity contribution in [2.24, 2.45) is 0 Å². The van der Waals surface area contributed by atoms with Crippen LogP contribution < -0.4 is 10.2 Å². The lowest BCUT2D eigenvalue weighted by Gasteiger charge is -2.19. The summed E-state index contributed by atoms with van der Waals surface area (Å²) in [4.78, 5) is 30.0. The number of anilines is 1. The SMILES string of the molecule is COC(=O)c1ccc(C)c(NC(=O)C[NH+](C)[C@H](C)c2nc3ccccc3s2)c1. The Balaban J connectivity index is 1.68. The molecular formula is C21H24N3O3S+. The van der Waals surface area contributed by atoms with Crippen LogP contribution in [0.15, 0.2) is 42.5 Å². The lowest BCUT2D eigenvalue weighted by atomic mass is 10.1. The number of thiazole rings is 1. The molecule has 1 amide bonds. The van der Waals surface area contributed by atoms with E-state index in [4.69, 9.17) is 9.72 Å². The third-order valence-electron chi connectivity index (χ3n) is 4.79. The van der Waals surface area contributed by atoms with E-state index >= 15 is 0 Å². The number of carbonyl (C=O) groups is 2. The molecule has 0 aliphatic carbocycles. The Hall–Kier alpha value is -2.77. The monoisotopic (exact) mass is 398 g/mol. The third-order valence-corrected chi connectivity index (χ3v) is 6.01. The summed E-state index contributed by atoms with van der Waals surface area (Å²) in [6.07, 6.45) is 0. The van der Waals surface area contributed by atoms with Gasteiger partial charge in [-0.3, -0.25) is 4.79 Å². The van der Waals surface area contributed by atoms with Crippen LogP contribution in [0.25, 0.3) is 10.2 Å². The van der Waals surface area contributed by atoms with Crippen molar-refractivity contribution in [2.45, 2.75) is 19.9 Å². The first-order valence-corrected chi connectivity index (χ1v) is 9.87. The number of quaternary nitrogens is 1. The Bertz CT molecular complexity index is 982. The van der Waals surface area contributed by atoms with E-state index in [9.17, 15) is 9.59 Å². The number of benzene rings is 2. The van der Waals surface area contributed by atoms with Gasteiger partial charge in [0.1, 0.15) is 6.04 Å². The van der Waals surface area contributed by atoms with Crippen LogP contribution in [0.3, 0.4) is 0 Å². The molecule has 0 fully saturated rings. The minimum atomic E-state index is -0.428. The number of aryl methyl sites for hydroxylation is 1. The Labute approximate surface area is 168 Å². The Morgan fingerprint density at radius 2 is 2.00 bits per heavy atom. The molecular weight excluding hydrogens is 374 g/mol. The molecule has 0 radical (unpaired) electrons. The van der Waals surface area contributed by atoms with Crippen LogP contribution >= 0.6 is 11.3 Å². The smallest absolute Gasteiger partial charge is 0.337 e. The van der Waals surface area contributed by atoms with E-state index in [1.165, 1.54) is 7.11 Å². The number of aromatic nitrogens is 1. The van der Waals surface area contributed by atoms with Gasteiger partial charge in [-0.15, -0.1) is 11.3 Å². The molecule has 28 heavy (non-hydrogen) atoms. The van der Waals surface area contributed by atoms with E-state index in [0.717, 1.165) is 25.7 Å². The number of esters is 1. The summed E-state index contributed by atoms with van der Waals surface area (Å²) in [6.45, 7) is 4.25. The molecule has 7 heteroatoms. The normalized spacial score (nSPS) is 13.1. The molecule has 1 heterocycles. The topological polar surface area (TPSA) is 72.7 Å². The maximum Gasteiger partial charge on any atom is 0.337 e. The first kappa shape index (κ1) is 20.0. The maximum absolute atomic E-state index is 12.6. The Kier molecular flexibility index (Phi) is 6.06. The number of rotatable bonds is 6. The molecule has 2 atom stereocenters. The first-order valence-electron chi connectivity index (χ1n) is 9.05. The fourth-order valence-corrected chi connectivity index (χ4v) is 4.00. The van der Waals surface area contributed by atoms with Crippen molar-refractivity contribution in [1.82, 2.24) is 4.98 Å². The van der Waals surface area contributed by atoms with Crippen LogP contribution in [0.1, 0.15) is 33.9 Å². The number of nitrogens with zero attached hydrogens (tertiary/aromatic N) is 1. The molecule has 0 bridgehead atoms. The highest BCUT2D eigenvalue weighted by Gasteiger charge is 2.22. The number of fused-ring (bicyclic) bond motifs is 1. The molecule has 2 aromatic carbocycles. The van der Waals surface area contributed by atoms with Crippen molar-refractivity contribution in [3.05, 3.63) is 58.6 Å². The fraction of sp³-hybridized carbons (Fsp3) is 0.286. The number of hydrogen-bond donors (Lipinski definition) is 2. The van der Waals surface area contributed by atoms with Crippen molar-refractivity contribution in [2.75, 3.05) is 26.0 Å². The lowest BCUT2D eigenvalue weighted by molar-refractivity contribution is -0.902. The summed E-state index contributed by atoms with van der Waals surface area (Å²) >= 11 is 1.66. The molecule has 3 rings (SSSR count). The zero-order valence-electron chi connectivity index (χ0n) is 16.4. The van der Waals surface area contributed by atoms with Gasteiger partial charge in [0.15, 0.2) is 11.6 Å². The predicted molar refractivity (Wildman–Crippen MR) is 111 cm³/mol. The van der Waals surface area contributed by atoms with E-state index in [-0.39, 0.29) is 11.9 Å². The highest BCUT2D eigenvalue weighted by molar-refractivity contribution is 7.18. The Morgan fingerprint density at radius 1 is 1.25 bits per heavy atom. The minimum absolute atomic E-state index is 0.0886. The highest BCUT2D eigenvalue weighted by Crippen LogP contribution is 2.24. The molecule has 0 saturated heterocycles. The van der Waals surface area contributed by atoms with Gasteiger partial charge in [-0.1, -0.05) is 18.2 Å². The third kappa shape index (κ3) is 4.37. The van der Waals surface area contributed by atoms with Crippen molar-refractivity contribution >= 4 is 39.1 Å². The lowest BCUT2D eigenvalue weighted by Crippen LogP contribution is -3.10. The molecule has 2 N–H and O–H groups in total. The minimum Gasteiger partial charge on any atom is -0.465 e. The van der Waals surface area contributed by atoms with Crippen molar-refractivity contribution in [3.8, 4) is 0 Å². The first-order chi connectivity index (χ1) is 13.4. The molecule has 146 valence electrons. The van der Waals surface area contributed by atoms with Crippen LogP contribution in [0.4, 0.5) is 5.69 Å². The second-order valence-electron chi connectivity index (χ2n) is 6.83. The van der Waals surface area contributed by atoms with Crippen molar-refractivity contribution < 1.29 is 19.2 Å². The number of methoxy groups -OCH3 is 1. The summed E-state index contributed by atoms with van der Waals surface area (Å²) < 4.78 is 5.89. The van der Waals surface area contributed by atoms with Crippen LogP contribution in [-0.2, 0) is 9.53 Å². The molecule has 3 aromatic rings. The highest BCUT2D eigenvalue weighted by atomic mass is 32.1. The van der Waals surface area contributed by atoms with Crippen LogP contribution in [0.5, 0.6) is 0 Å². The molecule has 6 nitrogen and oxygen atoms in total. The van der Waals surface area contributed by atoms with E-state index in [2.05, 4.69) is 18.3 Å². The summed E-state index contributed by atoms with van der Waals surface area (Å²) in [5.41, 5.74) is 2.90. The summed E-state index contributed by atoms with van der Waals surface area (Å²) in [6, 6.07) is 13.3. The summed E-state index contributed by atoms with van der Waals surface area (Å²) in [7, 11) is 3.32. The molecule has 0 spiro atoms. The molecule has 0 aliphatic heterocycles. The molecule has 1 aromatic heterocycles. The summed E-state index contributed by atoms with van der Waals surface area (Å²) in [5.74, 6) is -0.543. The quantitative estimate of drug-likeness (QED) is 0.626. The molecule has 0 aliphatic rings. The standard InChI is InChI=1S/C21H23N3O3S/c1-13-9-10-15(21(26)27-4)11-17(13)22-19(25)12-24(3)14(2)20-23-16-7-5-6-8-18(16)28-20/h5-11,14H,12H2,1-4H3,(H,22,25)/p+1/t14-/m1/s1. The van der Waals surface area contributed by atoms with Gasteiger partial charge in [-0.25, -0.2) is 9.78 Å². The Morgan fingerprint density at radius 3 is 2.71 bits per heavy atom. The number of hydrogen-bond acceptors (Lipinski definition) is 5. The predicted octanol–water partition coefficient (Wildman–Crippen LogP) is 2.61. The second-order valence-corrected chi connectivity index (χ2v) is 7.90. The van der Waals surface area contributed by atoms with Crippen LogP contribution in [0.2, 0.25) is 0 Å². The number of para-hydroxylation sites is 1. The molecule has 0 saturated carbocycles. The van der Waals surface area contributed by atoms with Gasteiger partial charge in [0.05, 0.1) is 29.9 Å². The number of likely N-dealkylation sites (N-methyl/N-ethyl adjacent to an activating group) is 1. The fourth-order valence-electron chi connectivity index (χ4n) is 2.89. The van der Waals surface area contributed by atoms with Crippen molar-refractivity contribution in [3.63, 3.8) is 0 Å². The average molecular weight is 399 g/mol. The maximum atomic E-state index is 12.6. The number of nitrogens with one attached hydrogen (secondary N) is 2. The largest absolute Gasteiger partial charge is 0.465 e. The van der Waals surface area contributed by atoms with Gasteiger partial charge in [0, 0.05) is 5.69 Å². The van der Waals surface area contributed by atoms with Crippen molar-refractivity contribution in [1.29, 1.82) is 0 Å². The van der Waals surface area contributed by atoms with Gasteiger partial charge >= 0.3 is 5.97 Å². The summed E-state index contributed by atoms with van der Waals surface area (Å²) in [5, 5.41) is 3.92. The van der Waals surface area contributed by atoms with Gasteiger partial charge in [0.25, 0.3) is 5.91 Å². The van der Waals surface area contributed by atoms with Gasteiger partial charge in [0.2, 0.25) is 0 Å². The van der Waals surface area contributed by atoms with E-state index in [1.54, 1.807) is 29.5 Å². The van der Waals surface area contributed by atoms with Crippen LogP contribution in [-0.4, -0.2) is 37.6 Å². The number of carbonyl (C=O) groups excluding carboxylic acids is 2. The van der Waals surface area contributed by atoms with E-state index in [1.807, 2.05) is 32.2 Å². The zero-order valence-corrected chi connectivity index (χ0v) is 17.2. The number of amides is 1. The average Bonchev–Trinajstić information content (AvgIpc) is 3.12. The van der Waals surface area contributed by atoms with Gasteiger partial charge in [-0.05, 0) is 43.7 Å². The van der Waals surface area contributed by atoms with E-state index in [0.29, 0.717) is 17.8 Å². The van der Waals surface area contributed by atoms with E-state index < -0.39 is 5.97 Å². The van der Waals surface area contributed by atoms with Crippen LogP contribution in [0, 0.1) is 6.92 Å². The molecule has 1 unspecified atom stereocenters. The second kappa shape index (κ2) is 8.50.